The maximum Gasteiger partial charge on any atom is 0.151 e. The molecule has 2 aliphatic rings. The van der Waals surface area contributed by atoms with E-state index in [9.17, 15) is 8.42 Å². The number of hydrogen-bond donors (Lipinski definition) is 2. The molecule has 0 radical (unpaired) electrons. The van der Waals surface area contributed by atoms with E-state index in [2.05, 4.69) is 5.32 Å². The molecule has 0 aromatic heterocycles. The Bertz CT molecular complexity index is 296. The largest absolute Gasteiger partial charge is 0.328 e. The predicted molar refractivity (Wildman–Crippen MR) is 55.8 cm³/mol. The van der Waals surface area contributed by atoms with Crippen molar-refractivity contribution in [2.45, 2.75) is 43.8 Å². The average molecular weight is 218 g/mol. The van der Waals surface area contributed by atoms with Crippen LogP contribution in [0, 0.1) is 0 Å². The van der Waals surface area contributed by atoms with Crippen molar-refractivity contribution >= 4 is 9.84 Å². The Morgan fingerprint density at radius 2 is 1.93 bits per heavy atom. The second kappa shape index (κ2) is 3.79. The van der Waals surface area contributed by atoms with Crippen LogP contribution in [0.2, 0.25) is 0 Å². The smallest absolute Gasteiger partial charge is 0.151 e. The van der Waals surface area contributed by atoms with Crippen LogP contribution < -0.4 is 11.1 Å². The van der Waals surface area contributed by atoms with Gasteiger partial charge in [-0.1, -0.05) is 0 Å². The molecule has 3 N–H and O–H groups in total. The molecule has 5 heteroatoms. The zero-order valence-corrected chi connectivity index (χ0v) is 9.09. The molecule has 4 nitrogen and oxygen atoms in total. The second-order valence-corrected chi connectivity index (χ2v) is 6.78. The number of nitrogens with one attached hydrogen (secondary N) is 1. The zero-order valence-electron chi connectivity index (χ0n) is 8.28. The van der Waals surface area contributed by atoms with Gasteiger partial charge in [0.15, 0.2) is 9.84 Å². The minimum atomic E-state index is -2.77. The number of sulfone groups is 1. The van der Waals surface area contributed by atoms with Gasteiger partial charge in [-0.2, -0.15) is 0 Å². The first kappa shape index (κ1) is 10.4. The average Bonchev–Trinajstić information content (AvgIpc) is 1.99. The molecule has 2 rings (SSSR count). The maximum absolute atomic E-state index is 11.3. The predicted octanol–water partition coefficient (Wildman–Crippen LogP) is -0.357. The Hall–Kier alpha value is -0.130. The van der Waals surface area contributed by atoms with Gasteiger partial charge >= 0.3 is 0 Å². The SMILES string of the molecule is NC1CC(NC2CCCS(=O)(=O)C2)C1. The van der Waals surface area contributed by atoms with Crippen LogP contribution >= 0.6 is 0 Å². The molecule has 1 atom stereocenters. The highest BCUT2D eigenvalue weighted by Crippen LogP contribution is 2.20. The quantitative estimate of drug-likeness (QED) is 0.664. The van der Waals surface area contributed by atoms with E-state index in [1.54, 1.807) is 0 Å². The van der Waals surface area contributed by atoms with Crippen LogP contribution in [0.1, 0.15) is 25.7 Å². The van der Waals surface area contributed by atoms with Crippen LogP contribution in [-0.4, -0.2) is 38.0 Å². The Labute approximate surface area is 85.2 Å². The van der Waals surface area contributed by atoms with Gasteiger partial charge in [-0.05, 0) is 25.7 Å². The summed E-state index contributed by atoms with van der Waals surface area (Å²) >= 11 is 0. The van der Waals surface area contributed by atoms with Crippen LogP contribution in [-0.2, 0) is 9.84 Å². The van der Waals surface area contributed by atoms with Crippen LogP contribution in [0.4, 0.5) is 0 Å². The van der Waals surface area contributed by atoms with E-state index in [1.165, 1.54) is 0 Å². The van der Waals surface area contributed by atoms with Gasteiger partial charge in [0, 0.05) is 18.1 Å². The molecule has 82 valence electrons. The van der Waals surface area contributed by atoms with Crippen molar-refractivity contribution in [2.24, 2.45) is 5.73 Å². The molecule has 1 saturated carbocycles. The van der Waals surface area contributed by atoms with Gasteiger partial charge < -0.3 is 11.1 Å². The molecule has 0 spiro atoms. The van der Waals surface area contributed by atoms with E-state index in [0.29, 0.717) is 23.6 Å². The maximum atomic E-state index is 11.3. The fourth-order valence-corrected chi connectivity index (χ4v) is 3.93. The Kier molecular flexibility index (Phi) is 2.81. The van der Waals surface area contributed by atoms with E-state index in [4.69, 9.17) is 5.73 Å². The summed E-state index contributed by atoms with van der Waals surface area (Å²) in [6.07, 6.45) is 3.79. The topological polar surface area (TPSA) is 72.2 Å². The standard InChI is InChI=1S/C9H18N2O2S/c10-7-4-9(5-7)11-8-2-1-3-14(12,13)6-8/h7-9,11H,1-6,10H2. The molecule has 2 fully saturated rings. The van der Waals surface area contributed by atoms with Crippen molar-refractivity contribution in [3.63, 3.8) is 0 Å². The molecule has 1 heterocycles. The van der Waals surface area contributed by atoms with E-state index in [1.807, 2.05) is 0 Å². The summed E-state index contributed by atoms with van der Waals surface area (Å²) in [5, 5.41) is 3.38. The Morgan fingerprint density at radius 1 is 1.21 bits per heavy atom. The first-order chi connectivity index (χ1) is 6.55. The zero-order chi connectivity index (χ0) is 10.2. The molecule has 1 aliphatic heterocycles. The molecule has 1 unspecified atom stereocenters. The fourth-order valence-electron chi connectivity index (χ4n) is 2.29. The van der Waals surface area contributed by atoms with Gasteiger partial charge in [0.1, 0.15) is 0 Å². The van der Waals surface area contributed by atoms with Gasteiger partial charge in [-0.3, -0.25) is 0 Å². The van der Waals surface area contributed by atoms with Gasteiger partial charge in [-0.25, -0.2) is 8.42 Å². The summed E-state index contributed by atoms with van der Waals surface area (Å²) in [5.74, 6) is 0.689. The molecule has 1 saturated heterocycles. The van der Waals surface area contributed by atoms with Gasteiger partial charge in [0.05, 0.1) is 11.5 Å². The van der Waals surface area contributed by atoms with Crippen LogP contribution in [0.25, 0.3) is 0 Å². The highest BCUT2D eigenvalue weighted by Gasteiger charge is 2.31. The van der Waals surface area contributed by atoms with E-state index in [-0.39, 0.29) is 6.04 Å². The third kappa shape index (κ3) is 2.46. The van der Waals surface area contributed by atoms with E-state index < -0.39 is 9.84 Å². The first-order valence-electron chi connectivity index (χ1n) is 5.27. The van der Waals surface area contributed by atoms with Crippen molar-refractivity contribution in [1.29, 1.82) is 0 Å². The monoisotopic (exact) mass is 218 g/mol. The number of rotatable bonds is 2. The molecule has 0 bridgehead atoms. The van der Waals surface area contributed by atoms with Crippen molar-refractivity contribution in [3.05, 3.63) is 0 Å². The van der Waals surface area contributed by atoms with Crippen molar-refractivity contribution in [2.75, 3.05) is 11.5 Å². The molecule has 0 amide bonds. The first-order valence-corrected chi connectivity index (χ1v) is 7.09. The lowest BCUT2D eigenvalue weighted by molar-refractivity contribution is 0.265. The summed E-state index contributed by atoms with van der Waals surface area (Å²) in [7, 11) is -2.77. The minimum Gasteiger partial charge on any atom is -0.328 e. The summed E-state index contributed by atoms with van der Waals surface area (Å²) in [4.78, 5) is 0. The summed E-state index contributed by atoms with van der Waals surface area (Å²) in [6, 6.07) is 0.960. The number of hydrogen-bond acceptors (Lipinski definition) is 4. The molecule has 0 aromatic carbocycles. The highest BCUT2D eigenvalue weighted by molar-refractivity contribution is 7.91. The van der Waals surface area contributed by atoms with Gasteiger partial charge in [0.25, 0.3) is 0 Å². The molecule has 1 aliphatic carbocycles. The fraction of sp³-hybridized carbons (Fsp3) is 1.00. The van der Waals surface area contributed by atoms with Gasteiger partial charge in [-0.15, -0.1) is 0 Å². The highest BCUT2D eigenvalue weighted by atomic mass is 32.2. The van der Waals surface area contributed by atoms with E-state index in [0.717, 1.165) is 25.7 Å². The van der Waals surface area contributed by atoms with Crippen molar-refractivity contribution in [3.8, 4) is 0 Å². The molecule has 14 heavy (non-hydrogen) atoms. The molecule has 0 aromatic rings. The van der Waals surface area contributed by atoms with Crippen LogP contribution in [0.15, 0.2) is 0 Å². The van der Waals surface area contributed by atoms with Crippen molar-refractivity contribution in [1.82, 2.24) is 5.32 Å². The van der Waals surface area contributed by atoms with Crippen LogP contribution in [0.3, 0.4) is 0 Å². The third-order valence-corrected chi connectivity index (χ3v) is 4.93. The van der Waals surface area contributed by atoms with E-state index >= 15 is 0 Å². The lowest BCUT2D eigenvalue weighted by Gasteiger charge is -2.37. The Balaban J connectivity index is 1.81. The molecular weight excluding hydrogens is 200 g/mol. The van der Waals surface area contributed by atoms with Crippen LogP contribution in [0.5, 0.6) is 0 Å². The summed E-state index contributed by atoms with van der Waals surface area (Å²) in [5.41, 5.74) is 5.67. The van der Waals surface area contributed by atoms with Gasteiger partial charge in [0.2, 0.25) is 0 Å². The van der Waals surface area contributed by atoms with Crippen molar-refractivity contribution < 1.29 is 8.42 Å². The lowest BCUT2D eigenvalue weighted by atomic mass is 9.87. The second-order valence-electron chi connectivity index (χ2n) is 4.55. The Morgan fingerprint density at radius 3 is 2.50 bits per heavy atom. The summed E-state index contributed by atoms with van der Waals surface area (Å²) < 4.78 is 22.7. The number of nitrogens with two attached hydrogens (primary N) is 1. The third-order valence-electron chi connectivity index (χ3n) is 3.11. The minimum absolute atomic E-state index is 0.172. The summed E-state index contributed by atoms with van der Waals surface area (Å²) in [6.45, 7) is 0. The lowest BCUT2D eigenvalue weighted by Crippen LogP contribution is -2.54. The normalized spacial score (nSPS) is 41.6. The molecular formula is C9H18N2O2S.